The van der Waals surface area contributed by atoms with Gasteiger partial charge in [-0.25, -0.2) is 4.79 Å². The highest BCUT2D eigenvalue weighted by molar-refractivity contribution is 5.80. The summed E-state index contributed by atoms with van der Waals surface area (Å²) in [5.41, 5.74) is 1.73. The number of rotatable bonds is 4. The highest BCUT2D eigenvalue weighted by atomic mass is 16.2. The van der Waals surface area contributed by atoms with Crippen LogP contribution in [0.4, 0.5) is 0 Å². The van der Waals surface area contributed by atoms with Gasteiger partial charge in [0, 0.05) is 44.6 Å². The first-order valence-electron chi connectivity index (χ1n) is 10.8. The largest absolute Gasteiger partial charge is 0.343 e. The van der Waals surface area contributed by atoms with Gasteiger partial charge in [-0.05, 0) is 44.2 Å². The number of piperidine rings is 2. The number of hydrogen-bond acceptors (Lipinski definition) is 3. The fourth-order valence-corrected chi connectivity index (χ4v) is 4.79. The maximum absolute atomic E-state index is 13.0. The van der Waals surface area contributed by atoms with Crippen LogP contribution in [0, 0.1) is 5.92 Å². The number of nitrogens with one attached hydrogen (secondary N) is 1. The number of nitrogens with zero attached hydrogens (tertiary/aromatic N) is 3. The van der Waals surface area contributed by atoms with Gasteiger partial charge in [0.1, 0.15) is 0 Å². The van der Waals surface area contributed by atoms with Crippen molar-refractivity contribution in [1.29, 1.82) is 0 Å². The molecule has 7 heteroatoms. The van der Waals surface area contributed by atoms with Gasteiger partial charge in [0.15, 0.2) is 0 Å². The van der Waals surface area contributed by atoms with Crippen molar-refractivity contribution in [3.05, 3.63) is 34.7 Å². The fourth-order valence-electron chi connectivity index (χ4n) is 4.79. The minimum atomic E-state index is -0.0694. The van der Waals surface area contributed by atoms with E-state index in [1.54, 1.807) is 0 Å². The number of para-hydroxylation sites is 2. The smallest absolute Gasteiger partial charge is 0.326 e. The van der Waals surface area contributed by atoms with Crippen LogP contribution >= 0.6 is 0 Å². The molecule has 2 aliphatic rings. The average molecular weight is 399 g/mol. The molecule has 0 spiro atoms. The molecule has 0 saturated carbocycles. The normalized spacial score (nSPS) is 19.1. The number of hydrogen-bond donors (Lipinski definition) is 1. The molecule has 2 aromatic rings. The van der Waals surface area contributed by atoms with Gasteiger partial charge in [-0.1, -0.05) is 19.1 Å². The van der Waals surface area contributed by atoms with Crippen LogP contribution in [0.3, 0.4) is 0 Å². The Morgan fingerprint density at radius 3 is 2.34 bits per heavy atom. The monoisotopic (exact) mass is 398 g/mol. The van der Waals surface area contributed by atoms with E-state index in [1.165, 1.54) is 0 Å². The number of aromatic nitrogens is 2. The Hall–Kier alpha value is -2.57. The highest BCUT2D eigenvalue weighted by Gasteiger charge is 2.32. The van der Waals surface area contributed by atoms with Crippen molar-refractivity contribution in [1.82, 2.24) is 19.4 Å². The Kier molecular flexibility index (Phi) is 5.74. The van der Waals surface area contributed by atoms with E-state index in [1.807, 2.05) is 45.6 Å². The number of fused-ring (bicyclic) bond motifs is 1. The van der Waals surface area contributed by atoms with Gasteiger partial charge < -0.3 is 14.8 Å². The Morgan fingerprint density at radius 2 is 1.66 bits per heavy atom. The molecule has 2 fully saturated rings. The fraction of sp³-hybridized carbons (Fsp3) is 0.591. The van der Waals surface area contributed by atoms with Crippen LogP contribution in [-0.2, 0) is 9.59 Å². The summed E-state index contributed by atoms with van der Waals surface area (Å²) < 4.78 is 1.86. The molecule has 0 aliphatic carbocycles. The lowest BCUT2D eigenvalue weighted by Gasteiger charge is -2.37. The molecular weight excluding hydrogens is 368 g/mol. The molecule has 4 rings (SSSR count). The second kappa shape index (κ2) is 8.43. The van der Waals surface area contributed by atoms with Crippen molar-refractivity contribution in [3.63, 3.8) is 0 Å². The standard InChI is InChI=1S/C22H30N4O3/c1-2-5-20(27)24-12-8-16(9-13-24)21(28)25-14-10-17(11-15-25)26-19-7-4-3-6-18(19)23-22(26)29/h3-4,6-7,16-17H,2,5,8-15H2,1H3,(H,23,29). The number of amides is 2. The van der Waals surface area contributed by atoms with E-state index in [4.69, 9.17) is 0 Å². The first kappa shape index (κ1) is 19.7. The second-order valence-electron chi connectivity index (χ2n) is 8.28. The molecule has 0 unspecified atom stereocenters. The molecule has 156 valence electrons. The van der Waals surface area contributed by atoms with Gasteiger partial charge in [-0.2, -0.15) is 0 Å². The van der Waals surface area contributed by atoms with Gasteiger partial charge in [0.25, 0.3) is 0 Å². The van der Waals surface area contributed by atoms with Crippen molar-refractivity contribution < 1.29 is 9.59 Å². The SMILES string of the molecule is CCCC(=O)N1CCC(C(=O)N2CCC(n3c(=O)[nH]c4ccccc43)CC2)CC1. The van der Waals surface area contributed by atoms with Crippen LogP contribution < -0.4 is 5.69 Å². The molecule has 7 nitrogen and oxygen atoms in total. The molecule has 1 N–H and O–H groups in total. The predicted molar refractivity (Wildman–Crippen MR) is 112 cm³/mol. The number of H-pyrrole nitrogens is 1. The average Bonchev–Trinajstić information content (AvgIpc) is 3.09. The zero-order valence-electron chi connectivity index (χ0n) is 17.1. The van der Waals surface area contributed by atoms with Gasteiger partial charge in [-0.3, -0.25) is 14.2 Å². The van der Waals surface area contributed by atoms with Crippen molar-refractivity contribution in [3.8, 4) is 0 Å². The van der Waals surface area contributed by atoms with Gasteiger partial charge in [0.2, 0.25) is 11.8 Å². The molecule has 1 aromatic carbocycles. The molecule has 2 aliphatic heterocycles. The predicted octanol–water partition coefficient (Wildman–Crippen LogP) is 2.53. The molecule has 1 aromatic heterocycles. The summed E-state index contributed by atoms with van der Waals surface area (Å²) in [6.45, 7) is 4.77. The third kappa shape index (κ3) is 3.95. The van der Waals surface area contributed by atoms with Crippen LogP contribution in [-0.4, -0.2) is 57.3 Å². The van der Waals surface area contributed by atoms with E-state index in [0.29, 0.717) is 32.6 Å². The molecule has 2 amide bonds. The molecular formula is C22H30N4O3. The van der Waals surface area contributed by atoms with Crippen LogP contribution in [0.25, 0.3) is 11.0 Å². The Balaban J connectivity index is 1.34. The third-order valence-electron chi connectivity index (χ3n) is 6.43. The summed E-state index contributed by atoms with van der Waals surface area (Å²) in [5.74, 6) is 0.453. The van der Waals surface area contributed by atoms with E-state index in [0.717, 1.165) is 43.1 Å². The van der Waals surface area contributed by atoms with E-state index in [9.17, 15) is 14.4 Å². The maximum Gasteiger partial charge on any atom is 0.326 e. The van der Waals surface area contributed by atoms with Gasteiger partial charge in [-0.15, -0.1) is 0 Å². The molecule has 2 saturated heterocycles. The second-order valence-corrected chi connectivity index (χ2v) is 8.28. The summed E-state index contributed by atoms with van der Waals surface area (Å²) in [4.78, 5) is 44.2. The minimum absolute atomic E-state index is 0.0213. The summed E-state index contributed by atoms with van der Waals surface area (Å²) in [7, 11) is 0. The zero-order valence-corrected chi connectivity index (χ0v) is 17.1. The van der Waals surface area contributed by atoms with Crippen LogP contribution in [0.15, 0.2) is 29.1 Å². The lowest BCUT2D eigenvalue weighted by molar-refractivity contribution is -0.141. The first-order chi connectivity index (χ1) is 14.1. The maximum atomic E-state index is 13.0. The lowest BCUT2D eigenvalue weighted by Crippen LogP contribution is -2.47. The quantitative estimate of drug-likeness (QED) is 0.860. The molecule has 3 heterocycles. The van der Waals surface area contributed by atoms with Crippen molar-refractivity contribution in [2.45, 2.75) is 51.5 Å². The summed E-state index contributed by atoms with van der Waals surface area (Å²) in [6.07, 6.45) is 4.57. The zero-order chi connectivity index (χ0) is 20.4. The summed E-state index contributed by atoms with van der Waals surface area (Å²) >= 11 is 0. The van der Waals surface area contributed by atoms with Gasteiger partial charge in [0.05, 0.1) is 11.0 Å². The number of imidazole rings is 1. The van der Waals surface area contributed by atoms with E-state index >= 15 is 0 Å². The first-order valence-corrected chi connectivity index (χ1v) is 10.8. The van der Waals surface area contributed by atoms with Crippen LogP contribution in [0.1, 0.15) is 51.5 Å². The van der Waals surface area contributed by atoms with Crippen LogP contribution in [0.5, 0.6) is 0 Å². The molecule has 0 radical (unpaired) electrons. The number of carbonyl (C=O) groups is 2. The topological polar surface area (TPSA) is 78.4 Å². The number of likely N-dealkylation sites (tertiary alicyclic amines) is 2. The van der Waals surface area contributed by atoms with Crippen molar-refractivity contribution in [2.24, 2.45) is 5.92 Å². The van der Waals surface area contributed by atoms with E-state index in [2.05, 4.69) is 4.98 Å². The lowest BCUT2D eigenvalue weighted by atomic mass is 9.93. The number of benzene rings is 1. The highest BCUT2D eigenvalue weighted by Crippen LogP contribution is 2.27. The summed E-state index contributed by atoms with van der Waals surface area (Å²) in [6, 6.07) is 7.88. The van der Waals surface area contributed by atoms with Crippen LogP contribution in [0.2, 0.25) is 0 Å². The number of aromatic amines is 1. The Labute approximate surface area is 170 Å². The van der Waals surface area contributed by atoms with E-state index < -0.39 is 0 Å². The number of carbonyl (C=O) groups excluding carboxylic acids is 2. The summed E-state index contributed by atoms with van der Waals surface area (Å²) in [5, 5.41) is 0. The molecule has 0 bridgehead atoms. The Bertz CT molecular complexity index is 931. The van der Waals surface area contributed by atoms with Gasteiger partial charge >= 0.3 is 5.69 Å². The van der Waals surface area contributed by atoms with Crippen molar-refractivity contribution >= 4 is 22.8 Å². The third-order valence-corrected chi connectivity index (χ3v) is 6.43. The Morgan fingerprint density at radius 1 is 1.00 bits per heavy atom. The molecule has 0 atom stereocenters. The molecule has 29 heavy (non-hydrogen) atoms. The minimum Gasteiger partial charge on any atom is -0.343 e. The van der Waals surface area contributed by atoms with Crippen molar-refractivity contribution in [2.75, 3.05) is 26.2 Å². The van der Waals surface area contributed by atoms with E-state index in [-0.39, 0.29) is 29.5 Å².